The largest absolute Gasteiger partial charge is 0.494 e. The number of hydrogen-bond donors (Lipinski definition) is 1. The van der Waals surface area contributed by atoms with Crippen LogP contribution in [0.25, 0.3) is 0 Å². The predicted molar refractivity (Wildman–Crippen MR) is 133 cm³/mol. The highest BCUT2D eigenvalue weighted by Gasteiger charge is 2.30. The number of carbonyl (C=O) groups is 1. The molecule has 2 aromatic heterocycles. The van der Waals surface area contributed by atoms with Gasteiger partial charge in [-0.3, -0.25) is 4.79 Å². The number of nitrogens with zero attached hydrogens (tertiary/aromatic N) is 6. The molecule has 1 fully saturated rings. The molecule has 4 heterocycles. The van der Waals surface area contributed by atoms with Crippen molar-refractivity contribution in [2.24, 2.45) is 0 Å². The zero-order valence-electron chi connectivity index (χ0n) is 19.2. The molecule has 3 aromatic rings. The van der Waals surface area contributed by atoms with E-state index in [2.05, 4.69) is 33.2 Å². The monoisotopic (exact) mass is 465 g/mol. The van der Waals surface area contributed by atoms with Gasteiger partial charge in [0, 0.05) is 52.0 Å². The highest BCUT2D eigenvalue weighted by Crippen LogP contribution is 2.40. The fraction of sp³-hybridized carbons (Fsp3) is 0.348. The molecule has 0 bridgehead atoms. The summed E-state index contributed by atoms with van der Waals surface area (Å²) in [6.07, 6.45) is 1.68. The van der Waals surface area contributed by atoms with Crippen molar-refractivity contribution in [3.63, 3.8) is 0 Å². The van der Waals surface area contributed by atoms with Crippen LogP contribution in [0.2, 0.25) is 0 Å². The van der Waals surface area contributed by atoms with Crippen LogP contribution in [0.15, 0.2) is 35.8 Å². The first kappa shape index (κ1) is 21.5. The van der Waals surface area contributed by atoms with E-state index >= 15 is 0 Å². The van der Waals surface area contributed by atoms with E-state index in [4.69, 9.17) is 9.72 Å². The van der Waals surface area contributed by atoms with E-state index in [0.717, 1.165) is 49.0 Å². The van der Waals surface area contributed by atoms with Gasteiger partial charge in [0.2, 0.25) is 5.95 Å². The molecular formula is C23H27N7O2S. The topological polar surface area (TPSA) is 77.1 Å². The van der Waals surface area contributed by atoms with Crippen LogP contribution >= 0.6 is 11.3 Å². The van der Waals surface area contributed by atoms with Crippen LogP contribution in [-0.4, -0.2) is 75.2 Å². The Morgan fingerprint density at radius 3 is 2.58 bits per heavy atom. The third-order valence-electron chi connectivity index (χ3n) is 6.23. The van der Waals surface area contributed by atoms with E-state index in [0.29, 0.717) is 22.3 Å². The molecule has 5 rings (SSSR count). The Labute approximate surface area is 197 Å². The highest BCUT2D eigenvalue weighted by atomic mass is 32.1. The first-order chi connectivity index (χ1) is 16.0. The van der Waals surface area contributed by atoms with E-state index < -0.39 is 0 Å². The summed E-state index contributed by atoms with van der Waals surface area (Å²) in [5.74, 6) is 1.76. The fourth-order valence-corrected chi connectivity index (χ4v) is 5.07. The Morgan fingerprint density at radius 2 is 1.82 bits per heavy atom. The van der Waals surface area contributed by atoms with Crippen molar-refractivity contribution < 1.29 is 9.53 Å². The van der Waals surface area contributed by atoms with Crippen molar-refractivity contribution in [1.29, 1.82) is 0 Å². The van der Waals surface area contributed by atoms with E-state index in [1.807, 2.05) is 35.5 Å². The number of nitrogens with one attached hydrogen (secondary N) is 1. The van der Waals surface area contributed by atoms with E-state index in [9.17, 15) is 4.79 Å². The second-order valence-corrected chi connectivity index (χ2v) is 9.18. The molecule has 1 aromatic carbocycles. The van der Waals surface area contributed by atoms with Crippen molar-refractivity contribution in [2.75, 3.05) is 74.4 Å². The van der Waals surface area contributed by atoms with Gasteiger partial charge in [0.15, 0.2) is 5.82 Å². The van der Waals surface area contributed by atoms with Crippen LogP contribution in [0, 0.1) is 0 Å². The number of carbonyl (C=O) groups excluding carboxylic acids is 1. The Bertz CT molecular complexity index is 1190. The van der Waals surface area contributed by atoms with Crippen LogP contribution in [-0.2, 0) is 0 Å². The van der Waals surface area contributed by atoms with Gasteiger partial charge in [-0.05, 0) is 30.6 Å². The summed E-state index contributed by atoms with van der Waals surface area (Å²) in [6.45, 7) is 4.07. The maximum Gasteiger partial charge on any atom is 0.270 e. The molecule has 0 spiro atoms. The smallest absolute Gasteiger partial charge is 0.270 e. The minimum atomic E-state index is -0.0592. The number of benzene rings is 1. The van der Waals surface area contributed by atoms with Crippen molar-refractivity contribution in [1.82, 2.24) is 14.9 Å². The quantitative estimate of drug-likeness (QED) is 0.628. The molecule has 0 aliphatic carbocycles. The van der Waals surface area contributed by atoms with Gasteiger partial charge in [0.05, 0.1) is 24.7 Å². The molecule has 0 radical (unpaired) electrons. The third-order valence-corrected chi connectivity index (χ3v) is 7.13. The summed E-state index contributed by atoms with van der Waals surface area (Å²) in [5.41, 5.74) is 3.42. The second-order valence-electron chi connectivity index (χ2n) is 8.26. The van der Waals surface area contributed by atoms with Crippen molar-refractivity contribution in [3.8, 4) is 5.75 Å². The molecule has 33 heavy (non-hydrogen) atoms. The molecule has 0 saturated carbocycles. The summed E-state index contributed by atoms with van der Waals surface area (Å²) in [7, 11) is 7.48. The lowest BCUT2D eigenvalue weighted by atomic mass is 10.2. The summed E-state index contributed by atoms with van der Waals surface area (Å²) >= 11 is 1.43. The van der Waals surface area contributed by atoms with E-state index in [1.165, 1.54) is 11.3 Å². The summed E-state index contributed by atoms with van der Waals surface area (Å²) < 4.78 is 5.67. The molecule has 9 nitrogen and oxygen atoms in total. The molecule has 0 atom stereocenters. The molecule has 1 amide bonds. The van der Waals surface area contributed by atoms with Crippen LogP contribution < -0.4 is 24.8 Å². The summed E-state index contributed by atoms with van der Waals surface area (Å²) in [6, 6.07) is 8.08. The Balaban J connectivity index is 1.44. The number of fused-ring (bicyclic) bond motifs is 2. The number of amides is 1. The maximum absolute atomic E-state index is 12.9. The minimum absolute atomic E-state index is 0.0592. The number of piperazine rings is 1. The zero-order valence-corrected chi connectivity index (χ0v) is 20.0. The predicted octanol–water partition coefficient (Wildman–Crippen LogP) is 3.40. The number of ether oxygens (including phenoxy) is 1. The summed E-state index contributed by atoms with van der Waals surface area (Å²) in [5, 5.41) is 5.22. The first-order valence-corrected chi connectivity index (χ1v) is 11.7. The lowest BCUT2D eigenvalue weighted by molar-refractivity contribution is 0.0998. The molecule has 10 heteroatoms. The molecular weight excluding hydrogens is 438 g/mol. The Morgan fingerprint density at radius 1 is 1.03 bits per heavy atom. The fourth-order valence-electron chi connectivity index (χ4n) is 4.18. The number of aromatic nitrogens is 2. The van der Waals surface area contributed by atoms with Gasteiger partial charge >= 0.3 is 0 Å². The summed E-state index contributed by atoms with van der Waals surface area (Å²) in [4.78, 5) is 31.0. The van der Waals surface area contributed by atoms with Crippen molar-refractivity contribution in [2.45, 2.75) is 0 Å². The van der Waals surface area contributed by atoms with Crippen molar-refractivity contribution in [3.05, 3.63) is 40.7 Å². The van der Waals surface area contributed by atoms with Crippen LogP contribution in [0.3, 0.4) is 0 Å². The number of likely N-dealkylation sites (N-methyl/N-ethyl adjacent to an activating group) is 1. The molecule has 172 valence electrons. The average Bonchev–Trinajstić information content (AvgIpc) is 3.31. The van der Waals surface area contributed by atoms with Crippen LogP contribution in [0.1, 0.15) is 9.67 Å². The molecule has 2 aliphatic rings. The number of hydrogen-bond acceptors (Lipinski definition) is 9. The zero-order chi connectivity index (χ0) is 23.1. The second kappa shape index (κ2) is 8.53. The first-order valence-electron chi connectivity index (χ1n) is 10.8. The normalized spacial score (nSPS) is 16.4. The van der Waals surface area contributed by atoms with E-state index in [1.54, 1.807) is 25.3 Å². The van der Waals surface area contributed by atoms with Crippen LogP contribution in [0.5, 0.6) is 5.75 Å². The van der Waals surface area contributed by atoms with Gasteiger partial charge in [0.25, 0.3) is 5.91 Å². The SMILES string of the molecule is COc1cc(N2CCN(C)CC2)ccc1Nc1ncc2c(n1)N(C)c1ccsc1C(=O)N2C. The number of thiophene rings is 1. The third kappa shape index (κ3) is 3.85. The number of rotatable bonds is 4. The molecule has 1 saturated heterocycles. The minimum Gasteiger partial charge on any atom is -0.494 e. The van der Waals surface area contributed by atoms with Gasteiger partial charge in [-0.2, -0.15) is 4.98 Å². The maximum atomic E-state index is 12.9. The average molecular weight is 466 g/mol. The van der Waals surface area contributed by atoms with E-state index in [-0.39, 0.29) is 5.91 Å². The van der Waals surface area contributed by atoms with Gasteiger partial charge in [-0.1, -0.05) is 0 Å². The molecule has 0 unspecified atom stereocenters. The van der Waals surface area contributed by atoms with Gasteiger partial charge < -0.3 is 29.7 Å². The van der Waals surface area contributed by atoms with Crippen LogP contribution in [0.4, 0.5) is 34.5 Å². The molecule has 1 N–H and O–H groups in total. The lowest BCUT2D eigenvalue weighted by Gasteiger charge is -2.34. The Kier molecular flexibility index (Phi) is 5.55. The Hall–Kier alpha value is -3.37. The van der Waals surface area contributed by atoms with Gasteiger partial charge in [0.1, 0.15) is 16.3 Å². The highest BCUT2D eigenvalue weighted by molar-refractivity contribution is 7.12. The lowest BCUT2D eigenvalue weighted by Crippen LogP contribution is -2.44. The standard InChI is InChI=1S/C23H27N7O2S/c1-27-8-10-30(11-9-27)15-5-6-16(19(13-15)32-4)25-23-24-14-18-21(26-23)28(2)17-7-12-33-20(17)22(31)29(18)3/h5-7,12-14H,8-11H2,1-4H3,(H,24,25,26). The van der Waals surface area contributed by atoms with Gasteiger partial charge in [-0.15, -0.1) is 11.3 Å². The van der Waals surface area contributed by atoms with Crippen molar-refractivity contribution >= 4 is 51.8 Å². The van der Waals surface area contributed by atoms with Gasteiger partial charge in [-0.25, -0.2) is 4.98 Å². The number of anilines is 6. The molecule has 2 aliphatic heterocycles. The number of methoxy groups -OCH3 is 1.